The first-order chi connectivity index (χ1) is 18.5. The van der Waals surface area contributed by atoms with Crippen LogP contribution in [0.5, 0.6) is 0 Å². The number of carbonyl (C=O) groups is 2. The van der Waals surface area contributed by atoms with Gasteiger partial charge in [0.25, 0.3) is 6.20 Å². The Labute approximate surface area is 223 Å². The molecule has 5 rings (SSSR count). The molecule has 2 aliphatic rings. The average Bonchev–Trinajstić information content (AvgIpc) is 3.46. The minimum atomic E-state index is -4.69. The molecule has 12 heteroatoms. The van der Waals surface area contributed by atoms with Gasteiger partial charge in [0.2, 0.25) is 11.2 Å². The standard InChI is InChI=1S/C27H29F3N6O3/c1-16(18-6-4-3-5-7-18)25(37)31-20-10-19(27(28,29)30)11-21(12-20)32-26(38)33-24-15-36(34-39-24)23-9-17-8-22(13-23)35(2)14-17/h3-7,10-12,15-17,22-23H,8-9,13-14H2,1-2H3,(H2-,31,32,33,34,37,38)/p+1/t16-,17?,22?,23?/m0/s1. The Balaban J connectivity index is 1.26. The van der Waals surface area contributed by atoms with Crippen molar-refractivity contribution < 1.29 is 32.0 Å². The number of carbonyl (C=O) groups excluding carboxylic acids is 2. The maximum absolute atomic E-state index is 13.6. The van der Waals surface area contributed by atoms with Crippen molar-refractivity contribution in [3.8, 4) is 0 Å². The van der Waals surface area contributed by atoms with Gasteiger partial charge >= 0.3 is 18.1 Å². The summed E-state index contributed by atoms with van der Waals surface area (Å²) in [7, 11) is 2.12. The van der Waals surface area contributed by atoms with Gasteiger partial charge in [-0.05, 0) is 54.8 Å². The highest BCUT2D eigenvalue weighted by molar-refractivity contribution is 6.00. The van der Waals surface area contributed by atoms with Crippen LogP contribution in [-0.4, -0.2) is 41.7 Å². The van der Waals surface area contributed by atoms with Gasteiger partial charge in [-0.2, -0.15) is 13.2 Å². The number of likely N-dealkylation sites (tertiary alicyclic amines) is 1. The number of nitrogens with zero attached hydrogens (tertiary/aromatic N) is 3. The maximum Gasteiger partial charge on any atom is 0.416 e. The summed E-state index contributed by atoms with van der Waals surface area (Å²) in [5.41, 5.74) is -0.541. The Kier molecular flexibility index (Phi) is 7.30. The zero-order chi connectivity index (χ0) is 27.7. The SMILES string of the molecule is C[C@H](C(=O)Nc1cc(NC(=O)Nc2c[n+](C3CC4CC(C3)N(C)C4)no2)cc(C(F)(F)F)c1)c1ccccc1. The molecule has 3 N–H and O–H groups in total. The number of alkyl halides is 3. The van der Waals surface area contributed by atoms with Gasteiger partial charge in [-0.25, -0.2) is 4.79 Å². The Morgan fingerprint density at radius 3 is 2.46 bits per heavy atom. The van der Waals surface area contributed by atoms with E-state index in [9.17, 15) is 22.8 Å². The molecule has 2 bridgehead atoms. The second-order valence-electron chi connectivity index (χ2n) is 10.4. The van der Waals surface area contributed by atoms with Crippen molar-refractivity contribution in [2.75, 3.05) is 29.5 Å². The summed E-state index contributed by atoms with van der Waals surface area (Å²) in [5.74, 6) is -0.423. The van der Waals surface area contributed by atoms with E-state index in [0.717, 1.165) is 37.1 Å². The van der Waals surface area contributed by atoms with E-state index in [4.69, 9.17) is 4.52 Å². The number of benzene rings is 2. The third-order valence-corrected chi connectivity index (χ3v) is 7.50. The van der Waals surface area contributed by atoms with E-state index in [1.54, 1.807) is 48.1 Å². The fourth-order valence-corrected chi connectivity index (χ4v) is 5.49. The van der Waals surface area contributed by atoms with Crippen LogP contribution < -0.4 is 20.6 Å². The van der Waals surface area contributed by atoms with E-state index in [1.165, 1.54) is 12.5 Å². The van der Waals surface area contributed by atoms with Crippen LogP contribution in [0.15, 0.2) is 59.3 Å². The molecule has 3 aromatic rings. The number of fused-ring (bicyclic) bond motifs is 2. The molecule has 9 nitrogen and oxygen atoms in total. The van der Waals surface area contributed by atoms with Gasteiger partial charge in [0.1, 0.15) is 0 Å². The van der Waals surface area contributed by atoms with Crippen LogP contribution >= 0.6 is 0 Å². The first kappa shape index (κ1) is 26.7. The quantitative estimate of drug-likeness (QED) is 0.379. The van der Waals surface area contributed by atoms with E-state index in [-0.39, 0.29) is 23.3 Å². The summed E-state index contributed by atoms with van der Waals surface area (Å²) in [6.07, 6.45) is -0.0489. The lowest BCUT2D eigenvalue weighted by molar-refractivity contribution is -0.788. The number of anilines is 3. The summed E-state index contributed by atoms with van der Waals surface area (Å²) >= 11 is 0. The van der Waals surface area contributed by atoms with Gasteiger partial charge in [0, 0.05) is 36.8 Å². The maximum atomic E-state index is 13.6. The molecule has 2 heterocycles. The molecule has 1 aromatic heterocycles. The normalized spacial score (nSPS) is 21.8. The fraction of sp³-hybridized carbons (Fsp3) is 0.407. The number of hydrogen-bond donors (Lipinski definition) is 3. The Hall–Kier alpha value is -3.93. The molecule has 0 spiro atoms. The molecular formula is C27H30F3N6O3+. The predicted octanol–water partition coefficient (Wildman–Crippen LogP) is 5.02. The van der Waals surface area contributed by atoms with Crippen molar-refractivity contribution in [1.82, 2.24) is 10.2 Å². The van der Waals surface area contributed by atoms with E-state index in [0.29, 0.717) is 12.0 Å². The zero-order valence-electron chi connectivity index (χ0n) is 21.5. The van der Waals surface area contributed by atoms with Crippen molar-refractivity contribution in [2.24, 2.45) is 5.92 Å². The molecule has 3 amide bonds. The molecule has 0 radical (unpaired) electrons. The van der Waals surface area contributed by atoms with E-state index >= 15 is 0 Å². The highest BCUT2D eigenvalue weighted by Crippen LogP contribution is 2.38. The Bertz CT molecular complexity index is 1340. The number of aromatic nitrogens is 2. The second-order valence-corrected chi connectivity index (χ2v) is 10.4. The minimum absolute atomic E-state index is 0.0657. The largest absolute Gasteiger partial charge is 0.416 e. The molecule has 2 fully saturated rings. The van der Waals surface area contributed by atoms with Gasteiger partial charge in [0.15, 0.2) is 6.04 Å². The monoisotopic (exact) mass is 543 g/mol. The van der Waals surface area contributed by atoms with E-state index in [2.05, 4.69) is 33.2 Å². The van der Waals surface area contributed by atoms with Crippen LogP contribution in [0.1, 0.15) is 49.3 Å². The van der Waals surface area contributed by atoms with Gasteiger partial charge in [-0.15, -0.1) is 0 Å². The van der Waals surface area contributed by atoms with Crippen LogP contribution in [0.25, 0.3) is 0 Å². The van der Waals surface area contributed by atoms with E-state index < -0.39 is 29.6 Å². The number of urea groups is 1. The highest BCUT2D eigenvalue weighted by atomic mass is 19.4. The Morgan fingerprint density at radius 1 is 1.05 bits per heavy atom. The lowest BCUT2D eigenvalue weighted by Crippen LogP contribution is -2.45. The minimum Gasteiger partial charge on any atom is -0.325 e. The van der Waals surface area contributed by atoms with Crippen molar-refractivity contribution in [2.45, 2.75) is 50.4 Å². The van der Waals surface area contributed by atoms with Crippen LogP contribution in [0.3, 0.4) is 0 Å². The van der Waals surface area contributed by atoms with Crippen molar-refractivity contribution >= 4 is 29.2 Å². The van der Waals surface area contributed by atoms with Crippen molar-refractivity contribution in [3.63, 3.8) is 0 Å². The molecule has 4 atom stereocenters. The van der Waals surface area contributed by atoms with Gasteiger partial charge in [-0.3, -0.25) is 14.6 Å². The predicted molar refractivity (Wildman–Crippen MR) is 137 cm³/mol. The molecule has 206 valence electrons. The summed E-state index contributed by atoms with van der Waals surface area (Å²) < 4.78 is 47.7. The zero-order valence-corrected chi connectivity index (χ0v) is 21.5. The van der Waals surface area contributed by atoms with Crippen LogP contribution in [-0.2, 0) is 11.0 Å². The lowest BCUT2D eigenvalue weighted by Gasteiger charge is -2.22. The summed E-state index contributed by atoms with van der Waals surface area (Å²) in [6, 6.07) is 11.6. The highest BCUT2D eigenvalue weighted by Gasteiger charge is 2.43. The van der Waals surface area contributed by atoms with Gasteiger partial charge < -0.3 is 15.5 Å². The van der Waals surface area contributed by atoms with Crippen molar-refractivity contribution in [1.29, 1.82) is 0 Å². The smallest absolute Gasteiger partial charge is 0.325 e. The fourth-order valence-electron chi connectivity index (χ4n) is 5.49. The number of halogens is 3. The molecule has 2 aromatic carbocycles. The summed E-state index contributed by atoms with van der Waals surface area (Å²) in [5, 5.41) is 11.4. The Morgan fingerprint density at radius 2 is 1.77 bits per heavy atom. The van der Waals surface area contributed by atoms with Crippen LogP contribution in [0.4, 0.5) is 35.2 Å². The second kappa shape index (κ2) is 10.7. The number of rotatable bonds is 6. The van der Waals surface area contributed by atoms with E-state index in [1.807, 2.05) is 0 Å². The average molecular weight is 544 g/mol. The molecule has 1 saturated carbocycles. The summed E-state index contributed by atoms with van der Waals surface area (Å²) in [6.45, 7) is 2.71. The molecule has 1 saturated heterocycles. The molecule has 1 aliphatic heterocycles. The number of nitrogens with one attached hydrogen (secondary N) is 3. The number of amides is 3. The lowest BCUT2D eigenvalue weighted by atomic mass is 9.86. The third-order valence-electron chi connectivity index (χ3n) is 7.50. The van der Waals surface area contributed by atoms with Crippen molar-refractivity contribution in [3.05, 3.63) is 65.9 Å². The molecule has 39 heavy (non-hydrogen) atoms. The van der Waals surface area contributed by atoms with Gasteiger partial charge in [0.05, 0.1) is 11.5 Å². The van der Waals surface area contributed by atoms with Crippen LogP contribution in [0, 0.1) is 5.92 Å². The topological polar surface area (TPSA) is 103 Å². The van der Waals surface area contributed by atoms with Crippen LogP contribution in [0.2, 0.25) is 0 Å². The molecule has 1 aliphatic carbocycles. The first-order valence-electron chi connectivity index (χ1n) is 12.8. The first-order valence-corrected chi connectivity index (χ1v) is 12.8. The third kappa shape index (κ3) is 6.22. The van der Waals surface area contributed by atoms with Gasteiger partial charge in [-0.1, -0.05) is 30.3 Å². The summed E-state index contributed by atoms with van der Waals surface area (Å²) in [4.78, 5) is 27.7. The molecule has 3 unspecified atom stereocenters. The number of hydrogen-bond acceptors (Lipinski definition) is 5. The molecular weight excluding hydrogens is 513 g/mol.